The SMILES string of the molecule is COCCn1cc(C(=O)Nc2nc3c(-c4cccc5[nH]ncc45)ccc(OC)c3[nH]2)cn1. The maximum Gasteiger partial charge on any atom is 0.261 e. The molecule has 0 aliphatic carbocycles. The van der Waals surface area contributed by atoms with Crippen LogP contribution in [0.15, 0.2) is 48.9 Å². The second-order valence-electron chi connectivity index (χ2n) is 7.20. The Bertz CT molecular complexity index is 1420. The molecule has 0 saturated carbocycles. The van der Waals surface area contributed by atoms with Gasteiger partial charge in [-0.25, -0.2) is 4.98 Å². The minimum atomic E-state index is -0.315. The van der Waals surface area contributed by atoms with Crippen LogP contribution in [-0.4, -0.2) is 56.7 Å². The number of hydrogen-bond donors (Lipinski definition) is 3. The smallest absolute Gasteiger partial charge is 0.261 e. The molecule has 0 aliphatic heterocycles. The van der Waals surface area contributed by atoms with E-state index in [4.69, 9.17) is 9.47 Å². The van der Waals surface area contributed by atoms with Crippen molar-refractivity contribution in [1.29, 1.82) is 0 Å². The summed E-state index contributed by atoms with van der Waals surface area (Å²) < 4.78 is 12.2. The number of carbonyl (C=O) groups is 1. The number of nitrogens with one attached hydrogen (secondary N) is 3. The number of aromatic nitrogens is 6. The van der Waals surface area contributed by atoms with Crippen molar-refractivity contribution in [3.63, 3.8) is 0 Å². The molecule has 5 rings (SSSR count). The Balaban J connectivity index is 1.51. The van der Waals surface area contributed by atoms with Crippen molar-refractivity contribution < 1.29 is 14.3 Å². The van der Waals surface area contributed by atoms with Crippen LogP contribution < -0.4 is 10.1 Å². The molecule has 0 fully saturated rings. The van der Waals surface area contributed by atoms with Crippen LogP contribution in [-0.2, 0) is 11.3 Å². The predicted octanol–water partition coefficient (Wildman–Crippen LogP) is 3.21. The summed E-state index contributed by atoms with van der Waals surface area (Å²) in [6.45, 7) is 1.08. The first-order valence-electron chi connectivity index (χ1n) is 10.00. The number of fused-ring (bicyclic) bond motifs is 2. The molecule has 0 radical (unpaired) electrons. The number of ether oxygens (including phenoxy) is 2. The van der Waals surface area contributed by atoms with E-state index in [1.165, 1.54) is 6.20 Å². The first-order chi connectivity index (χ1) is 15.7. The zero-order valence-corrected chi connectivity index (χ0v) is 17.5. The Morgan fingerprint density at radius 3 is 2.91 bits per heavy atom. The van der Waals surface area contributed by atoms with Crippen LogP contribution in [0.5, 0.6) is 5.75 Å². The van der Waals surface area contributed by atoms with E-state index in [2.05, 4.69) is 30.6 Å². The third-order valence-electron chi connectivity index (χ3n) is 5.25. The summed E-state index contributed by atoms with van der Waals surface area (Å²) in [6.07, 6.45) is 4.97. The van der Waals surface area contributed by atoms with Gasteiger partial charge in [-0.15, -0.1) is 0 Å². The fourth-order valence-corrected chi connectivity index (χ4v) is 3.69. The summed E-state index contributed by atoms with van der Waals surface area (Å²) in [6, 6.07) is 9.77. The van der Waals surface area contributed by atoms with E-state index in [1.54, 1.807) is 31.3 Å². The molecular formula is C22H21N7O3. The highest BCUT2D eigenvalue weighted by Crippen LogP contribution is 2.36. The molecular weight excluding hydrogens is 410 g/mol. The number of benzene rings is 2. The summed E-state index contributed by atoms with van der Waals surface area (Å²) in [5.74, 6) is 0.633. The second-order valence-corrected chi connectivity index (χ2v) is 7.20. The maximum atomic E-state index is 12.7. The summed E-state index contributed by atoms with van der Waals surface area (Å²) >= 11 is 0. The second kappa shape index (κ2) is 8.16. The molecule has 0 bridgehead atoms. The number of carbonyl (C=O) groups excluding carboxylic acids is 1. The number of aromatic amines is 2. The molecule has 0 atom stereocenters. The van der Waals surface area contributed by atoms with Gasteiger partial charge in [0.15, 0.2) is 0 Å². The summed E-state index contributed by atoms with van der Waals surface area (Å²) in [5.41, 5.74) is 4.61. The van der Waals surface area contributed by atoms with Gasteiger partial charge in [0, 0.05) is 24.3 Å². The van der Waals surface area contributed by atoms with Crippen molar-refractivity contribution in [2.75, 3.05) is 26.1 Å². The van der Waals surface area contributed by atoms with Crippen LogP contribution in [0, 0.1) is 0 Å². The molecule has 162 valence electrons. The van der Waals surface area contributed by atoms with E-state index in [0.29, 0.717) is 41.4 Å². The summed E-state index contributed by atoms with van der Waals surface area (Å²) in [4.78, 5) is 20.6. The van der Waals surface area contributed by atoms with Gasteiger partial charge < -0.3 is 14.5 Å². The lowest BCUT2D eigenvalue weighted by Crippen LogP contribution is -2.12. The molecule has 32 heavy (non-hydrogen) atoms. The molecule has 1 amide bonds. The molecule has 0 saturated heterocycles. The maximum absolute atomic E-state index is 12.7. The number of imidazole rings is 1. The van der Waals surface area contributed by atoms with E-state index in [1.807, 2.05) is 30.3 Å². The lowest BCUT2D eigenvalue weighted by molar-refractivity contribution is 0.102. The van der Waals surface area contributed by atoms with Gasteiger partial charge in [-0.2, -0.15) is 10.2 Å². The van der Waals surface area contributed by atoms with Gasteiger partial charge in [0.2, 0.25) is 5.95 Å². The quantitative estimate of drug-likeness (QED) is 0.364. The first-order valence-corrected chi connectivity index (χ1v) is 10.00. The summed E-state index contributed by atoms with van der Waals surface area (Å²) in [7, 11) is 3.22. The van der Waals surface area contributed by atoms with Gasteiger partial charge in [0.1, 0.15) is 16.8 Å². The van der Waals surface area contributed by atoms with Crippen LogP contribution in [0.4, 0.5) is 5.95 Å². The highest BCUT2D eigenvalue weighted by Gasteiger charge is 2.18. The fourth-order valence-electron chi connectivity index (χ4n) is 3.69. The van der Waals surface area contributed by atoms with Gasteiger partial charge >= 0.3 is 0 Å². The average Bonchev–Trinajstić information content (AvgIpc) is 3.55. The largest absolute Gasteiger partial charge is 0.494 e. The van der Waals surface area contributed by atoms with E-state index in [0.717, 1.165) is 22.0 Å². The Labute approximate surface area is 182 Å². The zero-order chi connectivity index (χ0) is 22.1. The molecule has 3 N–H and O–H groups in total. The molecule has 0 unspecified atom stereocenters. The van der Waals surface area contributed by atoms with Crippen molar-refractivity contribution in [2.24, 2.45) is 0 Å². The lowest BCUT2D eigenvalue weighted by atomic mass is 10.0. The van der Waals surface area contributed by atoms with Crippen molar-refractivity contribution >= 4 is 33.8 Å². The standard InChI is InChI=1S/C22H21N7O3/c1-31-9-8-29-12-13(10-24-29)21(30)27-22-25-19-15(6-7-18(32-2)20(19)26-22)14-4-3-5-17-16(14)11-23-28-17/h3-7,10-12H,8-9H2,1-2H3,(H,23,28)(H2,25,26,27,30). The normalized spacial score (nSPS) is 11.3. The number of anilines is 1. The van der Waals surface area contributed by atoms with Crippen LogP contribution in [0.3, 0.4) is 0 Å². The minimum absolute atomic E-state index is 0.315. The van der Waals surface area contributed by atoms with Crippen molar-refractivity contribution in [3.8, 4) is 16.9 Å². The average molecular weight is 431 g/mol. The van der Waals surface area contributed by atoms with Crippen molar-refractivity contribution in [1.82, 2.24) is 29.9 Å². The lowest BCUT2D eigenvalue weighted by Gasteiger charge is -2.07. The molecule has 0 spiro atoms. The molecule has 0 aliphatic rings. The monoisotopic (exact) mass is 431 g/mol. The fraction of sp³-hybridized carbons (Fsp3) is 0.182. The number of methoxy groups -OCH3 is 2. The molecule has 3 aromatic heterocycles. The summed E-state index contributed by atoms with van der Waals surface area (Å²) in [5, 5.41) is 15.1. The van der Waals surface area contributed by atoms with E-state index in [9.17, 15) is 4.79 Å². The Morgan fingerprint density at radius 2 is 2.06 bits per heavy atom. The van der Waals surface area contributed by atoms with Gasteiger partial charge in [-0.1, -0.05) is 12.1 Å². The predicted molar refractivity (Wildman–Crippen MR) is 120 cm³/mol. The van der Waals surface area contributed by atoms with Crippen LogP contribution in [0.1, 0.15) is 10.4 Å². The molecule has 2 aromatic carbocycles. The van der Waals surface area contributed by atoms with Crippen molar-refractivity contribution in [3.05, 3.63) is 54.5 Å². The number of hydrogen-bond acceptors (Lipinski definition) is 6. The van der Waals surface area contributed by atoms with Crippen LogP contribution in [0.25, 0.3) is 33.1 Å². The third-order valence-corrected chi connectivity index (χ3v) is 5.25. The third kappa shape index (κ3) is 3.46. The molecule has 3 heterocycles. The van der Waals surface area contributed by atoms with Crippen molar-refractivity contribution in [2.45, 2.75) is 6.54 Å². The van der Waals surface area contributed by atoms with Gasteiger partial charge in [-0.3, -0.25) is 19.9 Å². The van der Waals surface area contributed by atoms with E-state index < -0.39 is 0 Å². The Morgan fingerprint density at radius 1 is 1.16 bits per heavy atom. The molecule has 10 nitrogen and oxygen atoms in total. The highest BCUT2D eigenvalue weighted by atomic mass is 16.5. The Hall–Kier alpha value is -4.18. The van der Waals surface area contributed by atoms with Gasteiger partial charge in [0.05, 0.1) is 43.7 Å². The van der Waals surface area contributed by atoms with Gasteiger partial charge in [-0.05, 0) is 23.8 Å². The van der Waals surface area contributed by atoms with Crippen LogP contribution >= 0.6 is 0 Å². The van der Waals surface area contributed by atoms with Gasteiger partial charge in [0.25, 0.3) is 5.91 Å². The minimum Gasteiger partial charge on any atom is -0.494 e. The molecule has 5 aromatic rings. The topological polar surface area (TPSA) is 123 Å². The number of nitrogens with zero attached hydrogens (tertiary/aromatic N) is 4. The highest BCUT2D eigenvalue weighted by molar-refractivity contribution is 6.06. The zero-order valence-electron chi connectivity index (χ0n) is 17.5. The van der Waals surface area contributed by atoms with Crippen LogP contribution in [0.2, 0.25) is 0 Å². The van der Waals surface area contributed by atoms with E-state index in [-0.39, 0.29) is 5.91 Å². The number of H-pyrrole nitrogens is 2. The number of amides is 1. The number of rotatable bonds is 7. The van der Waals surface area contributed by atoms with E-state index >= 15 is 0 Å². The molecule has 10 heteroatoms. The Kier molecular flexibility index (Phi) is 5.04. The first kappa shape index (κ1) is 19.8.